The maximum atomic E-state index is 11.2. The second-order valence-corrected chi connectivity index (χ2v) is 6.74. The average Bonchev–Trinajstić information content (AvgIpc) is 2.61. The lowest BCUT2D eigenvalue weighted by Crippen LogP contribution is -2.20. The summed E-state index contributed by atoms with van der Waals surface area (Å²) in [6, 6.07) is 0. The third-order valence-corrected chi connectivity index (χ3v) is 3.76. The van der Waals surface area contributed by atoms with E-state index in [4.69, 9.17) is 4.74 Å². The van der Waals surface area contributed by atoms with Crippen LogP contribution in [0.5, 0.6) is 0 Å². The standard InChI is InChI=1S/C13H21NO3S/c1-7(2)8-9(12(15)16)18-11(14-8)10(17-6)13(3,4)5/h7,10H,1-6H3,(H,15,16). The lowest BCUT2D eigenvalue weighted by molar-refractivity contribution is 0.0149. The summed E-state index contributed by atoms with van der Waals surface area (Å²) in [6.45, 7) is 10.1. The van der Waals surface area contributed by atoms with Gasteiger partial charge in [-0.2, -0.15) is 0 Å². The van der Waals surface area contributed by atoms with Crippen molar-refractivity contribution in [2.45, 2.75) is 46.6 Å². The molecule has 1 N–H and O–H groups in total. The Kier molecular flexibility index (Phi) is 4.50. The largest absolute Gasteiger partial charge is 0.477 e. The van der Waals surface area contributed by atoms with Gasteiger partial charge in [0, 0.05) is 7.11 Å². The first-order valence-corrected chi connectivity index (χ1v) is 6.76. The Bertz CT molecular complexity index is 432. The van der Waals surface area contributed by atoms with Gasteiger partial charge in [0.15, 0.2) is 0 Å². The first-order chi connectivity index (χ1) is 8.18. The minimum atomic E-state index is -0.911. The van der Waals surface area contributed by atoms with Crippen molar-refractivity contribution < 1.29 is 14.6 Å². The van der Waals surface area contributed by atoms with Crippen LogP contribution in [0.15, 0.2) is 0 Å². The fraction of sp³-hybridized carbons (Fsp3) is 0.692. The zero-order valence-corrected chi connectivity index (χ0v) is 12.6. The number of aromatic carboxylic acids is 1. The van der Waals surface area contributed by atoms with E-state index in [1.165, 1.54) is 11.3 Å². The molecule has 1 aromatic rings. The molecular weight excluding hydrogens is 250 g/mol. The zero-order chi connectivity index (χ0) is 14.1. The normalized spacial score (nSPS) is 13.9. The number of rotatable bonds is 4. The van der Waals surface area contributed by atoms with Crippen molar-refractivity contribution in [3.63, 3.8) is 0 Å². The molecule has 0 saturated heterocycles. The quantitative estimate of drug-likeness (QED) is 0.907. The highest BCUT2D eigenvalue weighted by molar-refractivity contribution is 7.13. The Hall–Kier alpha value is -0.940. The number of nitrogens with zero attached hydrogens (tertiary/aromatic N) is 1. The second kappa shape index (κ2) is 5.36. The highest BCUT2D eigenvalue weighted by Crippen LogP contribution is 2.39. The molecule has 1 aromatic heterocycles. The lowest BCUT2D eigenvalue weighted by Gasteiger charge is -2.27. The molecule has 0 fully saturated rings. The van der Waals surface area contributed by atoms with E-state index in [1.807, 2.05) is 13.8 Å². The smallest absolute Gasteiger partial charge is 0.347 e. The first kappa shape index (κ1) is 15.1. The van der Waals surface area contributed by atoms with Crippen molar-refractivity contribution in [3.8, 4) is 0 Å². The van der Waals surface area contributed by atoms with Gasteiger partial charge in [0.25, 0.3) is 0 Å². The molecule has 0 spiro atoms. The number of carboxylic acid groups (broad SMARTS) is 1. The SMILES string of the molecule is COC(c1nc(C(C)C)c(C(=O)O)s1)C(C)(C)C. The van der Waals surface area contributed by atoms with Gasteiger partial charge in [-0.25, -0.2) is 9.78 Å². The van der Waals surface area contributed by atoms with Gasteiger partial charge in [-0.05, 0) is 11.3 Å². The molecular formula is C13H21NO3S. The van der Waals surface area contributed by atoms with E-state index in [0.29, 0.717) is 10.6 Å². The molecule has 1 heterocycles. The van der Waals surface area contributed by atoms with Crippen molar-refractivity contribution in [2.24, 2.45) is 5.41 Å². The second-order valence-electron chi connectivity index (χ2n) is 5.71. The minimum absolute atomic E-state index is 0.0959. The number of hydrogen-bond acceptors (Lipinski definition) is 4. The van der Waals surface area contributed by atoms with E-state index in [1.54, 1.807) is 7.11 Å². The molecule has 0 saturated carbocycles. The van der Waals surface area contributed by atoms with E-state index in [2.05, 4.69) is 25.8 Å². The number of thiazole rings is 1. The third-order valence-electron chi connectivity index (χ3n) is 2.66. The molecule has 5 heteroatoms. The Morgan fingerprint density at radius 1 is 1.39 bits per heavy atom. The maximum Gasteiger partial charge on any atom is 0.347 e. The number of ether oxygens (including phenoxy) is 1. The van der Waals surface area contributed by atoms with Gasteiger partial charge < -0.3 is 9.84 Å². The van der Waals surface area contributed by atoms with Crippen LogP contribution in [0.25, 0.3) is 0 Å². The summed E-state index contributed by atoms with van der Waals surface area (Å²) < 4.78 is 5.48. The molecule has 102 valence electrons. The lowest BCUT2D eigenvalue weighted by atomic mass is 9.89. The van der Waals surface area contributed by atoms with Crippen molar-refractivity contribution in [1.29, 1.82) is 0 Å². The van der Waals surface area contributed by atoms with E-state index in [-0.39, 0.29) is 17.4 Å². The highest BCUT2D eigenvalue weighted by Gasteiger charge is 2.31. The summed E-state index contributed by atoms with van der Waals surface area (Å²) in [5.74, 6) is -0.815. The molecule has 0 aliphatic heterocycles. The van der Waals surface area contributed by atoms with E-state index in [9.17, 15) is 9.90 Å². The predicted octanol–water partition coefficient (Wildman–Crippen LogP) is 3.70. The van der Waals surface area contributed by atoms with Crippen LogP contribution >= 0.6 is 11.3 Å². The van der Waals surface area contributed by atoms with Crippen molar-refractivity contribution >= 4 is 17.3 Å². The molecule has 1 rings (SSSR count). The van der Waals surface area contributed by atoms with Gasteiger partial charge in [-0.15, -0.1) is 11.3 Å². The molecule has 1 unspecified atom stereocenters. The fourth-order valence-electron chi connectivity index (χ4n) is 1.83. The van der Waals surface area contributed by atoms with Crippen LogP contribution in [0.1, 0.15) is 67.0 Å². The van der Waals surface area contributed by atoms with Gasteiger partial charge in [0.05, 0.1) is 5.69 Å². The third kappa shape index (κ3) is 3.09. The summed E-state index contributed by atoms with van der Waals surface area (Å²) in [4.78, 5) is 16.0. The number of carbonyl (C=O) groups is 1. The summed E-state index contributed by atoms with van der Waals surface area (Å²) >= 11 is 1.22. The van der Waals surface area contributed by atoms with Gasteiger partial charge >= 0.3 is 5.97 Å². The van der Waals surface area contributed by atoms with Gasteiger partial charge in [-0.3, -0.25) is 0 Å². The van der Waals surface area contributed by atoms with Crippen LogP contribution in [0.3, 0.4) is 0 Å². The van der Waals surface area contributed by atoms with Crippen LogP contribution in [0.2, 0.25) is 0 Å². The van der Waals surface area contributed by atoms with Crippen molar-refractivity contribution in [1.82, 2.24) is 4.98 Å². The molecule has 0 amide bonds. The molecule has 0 aliphatic rings. The number of methoxy groups -OCH3 is 1. The molecule has 0 radical (unpaired) electrons. The number of carboxylic acids is 1. The molecule has 18 heavy (non-hydrogen) atoms. The molecule has 1 atom stereocenters. The summed E-state index contributed by atoms with van der Waals surface area (Å²) in [6.07, 6.45) is -0.187. The molecule has 0 bridgehead atoms. The first-order valence-electron chi connectivity index (χ1n) is 5.95. The van der Waals surface area contributed by atoms with E-state index >= 15 is 0 Å². The van der Waals surface area contributed by atoms with Crippen LogP contribution in [0.4, 0.5) is 0 Å². The highest BCUT2D eigenvalue weighted by atomic mass is 32.1. The maximum absolute atomic E-state index is 11.2. The minimum Gasteiger partial charge on any atom is -0.477 e. The van der Waals surface area contributed by atoms with Crippen LogP contribution < -0.4 is 0 Å². The van der Waals surface area contributed by atoms with Gasteiger partial charge in [0.1, 0.15) is 16.0 Å². The fourth-order valence-corrected chi connectivity index (χ4v) is 3.21. The van der Waals surface area contributed by atoms with Gasteiger partial charge in [-0.1, -0.05) is 34.6 Å². The van der Waals surface area contributed by atoms with Crippen LogP contribution in [-0.4, -0.2) is 23.2 Å². The van der Waals surface area contributed by atoms with Crippen molar-refractivity contribution in [2.75, 3.05) is 7.11 Å². The monoisotopic (exact) mass is 271 g/mol. The molecule has 0 aromatic carbocycles. The Labute approximate surface area is 112 Å². The van der Waals surface area contributed by atoms with E-state index < -0.39 is 5.97 Å². The average molecular weight is 271 g/mol. The Balaban J connectivity index is 3.26. The molecule has 0 aliphatic carbocycles. The van der Waals surface area contributed by atoms with Gasteiger partial charge in [0.2, 0.25) is 0 Å². The Morgan fingerprint density at radius 3 is 2.22 bits per heavy atom. The topological polar surface area (TPSA) is 59.4 Å². The number of hydrogen-bond donors (Lipinski definition) is 1. The molecule has 4 nitrogen and oxygen atoms in total. The van der Waals surface area contributed by atoms with Crippen LogP contribution in [-0.2, 0) is 4.74 Å². The predicted molar refractivity (Wildman–Crippen MR) is 72.4 cm³/mol. The summed E-state index contributed by atoms with van der Waals surface area (Å²) in [5, 5.41) is 9.96. The number of aromatic nitrogens is 1. The summed E-state index contributed by atoms with van der Waals surface area (Å²) in [5.41, 5.74) is 0.533. The summed E-state index contributed by atoms with van der Waals surface area (Å²) in [7, 11) is 1.63. The van der Waals surface area contributed by atoms with Crippen molar-refractivity contribution in [3.05, 3.63) is 15.6 Å². The van der Waals surface area contributed by atoms with E-state index in [0.717, 1.165) is 5.01 Å². The van der Waals surface area contributed by atoms with Crippen LogP contribution in [0, 0.1) is 5.41 Å². The Morgan fingerprint density at radius 2 is 1.94 bits per heavy atom. The zero-order valence-electron chi connectivity index (χ0n) is 11.8.